The van der Waals surface area contributed by atoms with Crippen LogP contribution in [-0.2, 0) is 0 Å². The van der Waals surface area contributed by atoms with Gasteiger partial charge in [0.05, 0.1) is 17.0 Å². The average molecular weight is 452 g/mol. The quantitative estimate of drug-likeness (QED) is 0.356. The minimum absolute atomic E-state index is 0.0662. The van der Waals surface area contributed by atoms with Crippen LogP contribution in [0.1, 0.15) is 41.6 Å². The Morgan fingerprint density at radius 2 is 2.00 bits per heavy atom. The van der Waals surface area contributed by atoms with E-state index in [0.717, 1.165) is 50.9 Å². The van der Waals surface area contributed by atoms with Crippen molar-refractivity contribution in [3.05, 3.63) is 60.3 Å². The van der Waals surface area contributed by atoms with Gasteiger partial charge in [-0.05, 0) is 49.4 Å². The summed E-state index contributed by atoms with van der Waals surface area (Å²) in [5, 5.41) is 12.5. The Balaban J connectivity index is 1.34. The van der Waals surface area contributed by atoms with Crippen molar-refractivity contribution in [1.82, 2.24) is 35.5 Å². The van der Waals surface area contributed by atoms with Crippen molar-refractivity contribution in [3.63, 3.8) is 0 Å². The van der Waals surface area contributed by atoms with Gasteiger partial charge in [-0.2, -0.15) is 5.10 Å². The lowest BCUT2D eigenvalue weighted by molar-refractivity contribution is 0.0946. The highest BCUT2D eigenvalue weighted by Crippen LogP contribution is 2.32. The van der Waals surface area contributed by atoms with Gasteiger partial charge in [0, 0.05) is 64.9 Å². The molecule has 3 N–H and O–H groups in total. The highest BCUT2D eigenvalue weighted by molar-refractivity contribution is 5.98. The Hall–Kier alpha value is -4.07. The van der Waals surface area contributed by atoms with Gasteiger partial charge in [0.15, 0.2) is 5.65 Å². The molecule has 8 nitrogen and oxygen atoms in total. The number of carbonyl (C=O) groups excluding carboxylic acids is 1. The standard InChI is InChI=1S/C26H25N7O/c1-15-20(13-28-14-21(15)26(34)30-10-16-4-2-3-5-16)17-8-19-24(32-33-25(19)29-12-17)23-9-18-11-27-7-6-22(18)31-23/h6-9,11-14,16,31H,2-5,10H2,1H3,(H,30,34)(H,29,32,33). The molecule has 1 saturated carbocycles. The van der Waals surface area contributed by atoms with Crippen LogP contribution in [0.15, 0.2) is 49.2 Å². The molecule has 5 aromatic heterocycles. The molecule has 170 valence electrons. The van der Waals surface area contributed by atoms with Gasteiger partial charge in [0.25, 0.3) is 5.91 Å². The fraction of sp³-hybridized carbons (Fsp3) is 0.269. The molecule has 0 atom stereocenters. The van der Waals surface area contributed by atoms with Crippen LogP contribution in [0.3, 0.4) is 0 Å². The lowest BCUT2D eigenvalue weighted by Crippen LogP contribution is -2.29. The number of nitrogens with one attached hydrogen (secondary N) is 3. The molecule has 0 saturated heterocycles. The first-order valence-corrected chi connectivity index (χ1v) is 11.7. The Labute approximate surface area is 196 Å². The number of fused-ring (bicyclic) bond motifs is 2. The molecule has 6 rings (SSSR count). The van der Waals surface area contributed by atoms with E-state index < -0.39 is 0 Å². The summed E-state index contributed by atoms with van der Waals surface area (Å²) in [5.74, 6) is 0.524. The van der Waals surface area contributed by atoms with Crippen molar-refractivity contribution in [2.24, 2.45) is 5.92 Å². The molecule has 1 aliphatic rings. The number of nitrogens with zero attached hydrogens (tertiary/aromatic N) is 4. The molecular formula is C26H25N7O. The average Bonchev–Trinajstić information content (AvgIpc) is 3.61. The van der Waals surface area contributed by atoms with Gasteiger partial charge >= 0.3 is 0 Å². The smallest absolute Gasteiger partial charge is 0.253 e. The minimum Gasteiger partial charge on any atom is -0.353 e. The van der Waals surface area contributed by atoms with Crippen molar-refractivity contribution in [3.8, 4) is 22.5 Å². The number of rotatable bonds is 5. The van der Waals surface area contributed by atoms with Crippen LogP contribution in [0, 0.1) is 12.8 Å². The van der Waals surface area contributed by atoms with Crippen molar-refractivity contribution >= 4 is 27.8 Å². The topological polar surface area (TPSA) is 112 Å². The SMILES string of the molecule is Cc1c(C(=O)NCC2CCCC2)cncc1-c1cnc2n[nH]c(-c3cc4cnccc4[nH]3)c2c1. The lowest BCUT2D eigenvalue weighted by Gasteiger charge is -2.13. The summed E-state index contributed by atoms with van der Waals surface area (Å²) in [6.07, 6.45) is 13.7. The van der Waals surface area contributed by atoms with Gasteiger partial charge in [-0.25, -0.2) is 4.98 Å². The third-order valence-corrected chi connectivity index (χ3v) is 6.90. The summed E-state index contributed by atoms with van der Waals surface area (Å²) in [7, 11) is 0. The monoisotopic (exact) mass is 451 g/mol. The van der Waals surface area contributed by atoms with Gasteiger partial charge in [-0.1, -0.05) is 12.8 Å². The fourth-order valence-corrected chi connectivity index (χ4v) is 4.95. The van der Waals surface area contributed by atoms with Crippen molar-refractivity contribution < 1.29 is 4.79 Å². The van der Waals surface area contributed by atoms with E-state index in [2.05, 4.69) is 41.5 Å². The maximum Gasteiger partial charge on any atom is 0.253 e. The lowest BCUT2D eigenvalue weighted by atomic mass is 9.99. The molecule has 0 unspecified atom stereocenters. The van der Waals surface area contributed by atoms with Crippen molar-refractivity contribution in [2.75, 3.05) is 6.54 Å². The third kappa shape index (κ3) is 3.61. The van der Waals surface area contributed by atoms with E-state index in [1.54, 1.807) is 24.8 Å². The van der Waals surface area contributed by atoms with Crippen LogP contribution in [-0.4, -0.2) is 42.6 Å². The summed E-state index contributed by atoms with van der Waals surface area (Å²) >= 11 is 0. The van der Waals surface area contributed by atoms with E-state index in [-0.39, 0.29) is 5.91 Å². The zero-order valence-electron chi connectivity index (χ0n) is 18.9. The molecule has 1 aliphatic carbocycles. The maximum atomic E-state index is 12.9. The van der Waals surface area contributed by atoms with Gasteiger partial charge in [-0.3, -0.25) is 19.9 Å². The summed E-state index contributed by atoms with van der Waals surface area (Å²) in [5.41, 5.74) is 6.68. The van der Waals surface area contributed by atoms with Crippen molar-refractivity contribution in [1.29, 1.82) is 0 Å². The molecule has 5 aromatic rings. The van der Waals surface area contributed by atoms with E-state index in [4.69, 9.17) is 0 Å². The number of aromatic nitrogens is 6. The number of H-pyrrole nitrogens is 2. The van der Waals surface area contributed by atoms with Gasteiger partial charge in [0.1, 0.15) is 0 Å². The number of hydrogen-bond acceptors (Lipinski definition) is 5. The second kappa shape index (κ2) is 8.37. The summed E-state index contributed by atoms with van der Waals surface area (Å²) in [6.45, 7) is 2.70. The maximum absolute atomic E-state index is 12.9. The normalized spacial score (nSPS) is 14.3. The Morgan fingerprint density at radius 3 is 2.85 bits per heavy atom. The summed E-state index contributed by atoms with van der Waals surface area (Å²) in [4.78, 5) is 29.5. The van der Waals surface area contributed by atoms with E-state index in [9.17, 15) is 4.79 Å². The molecule has 8 heteroatoms. The third-order valence-electron chi connectivity index (χ3n) is 6.90. The molecule has 0 radical (unpaired) electrons. The van der Waals surface area contributed by atoms with E-state index >= 15 is 0 Å². The molecule has 5 heterocycles. The summed E-state index contributed by atoms with van der Waals surface area (Å²) < 4.78 is 0. The van der Waals surface area contributed by atoms with E-state index in [0.29, 0.717) is 17.1 Å². The fourth-order valence-electron chi connectivity index (χ4n) is 4.95. The Morgan fingerprint density at radius 1 is 1.12 bits per heavy atom. The first-order valence-electron chi connectivity index (χ1n) is 11.7. The zero-order valence-corrected chi connectivity index (χ0v) is 18.9. The van der Waals surface area contributed by atoms with Gasteiger partial charge in [0.2, 0.25) is 0 Å². The van der Waals surface area contributed by atoms with Crippen LogP contribution < -0.4 is 5.32 Å². The number of aromatic amines is 2. The highest BCUT2D eigenvalue weighted by Gasteiger charge is 2.19. The van der Waals surface area contributed by atoms with Crippen molar-refractivity contribution in [2.45, 2.75) is 32.6 Å². The van der Waals surface area contributed by atoms with E-state index in [1.807, 2.05) is 25.3 Å². The van der Waals surface area contributed by atoms with Crippen LogP contribution in [0.5, 0.6) is 0 Å². The molecular weight excluding hydrogens is 426 g/mol. The predicted octanol–water partition coefficient (Wildman–Crippen LogP) is 4.79. The predicted molar refractivity (Wildman–Crippen MR) is 131 cm³/mol. The first-order chi connectivity index (χ1) is 16.7. The summed E-state index contributed by atoms with van der Waals surface area (Å²) in [6, 6.07) is 6.04. The van der Waals surface area contributed by atoms with Gasteiger partial charge in [-0.15, -0.1) is 0 Å². The Kier molecular flexibility index (Phi) is 5.05. The molecule has 0 bridgehead atoms. The van der Waals surface area contributed by atoms with Gasteiger partial charge < -0.3 is 10.3 Å². The van der Waals surface area contributed by atoms with Crippen LogP contribution in [0.2, 0.25) is 0 Å². The zero-order chi connectivity index (χ0) is 23.1. The Bertz CT molecular complexity index is 1480. The largest absolute Gasteiger partial charge is 0.353 e. The highest BCUT2D eigenvalue weighted by atomic mass is 16.1. The molecule has 1 amide bonds. The molecule has 34 heavy (non-hydrogen) atoms. The molecule has 0 aromatic carbocycles. The van der Waals surface area contributed by atoms with Crippen LogP contribution in [0.4, 0.5) is 0 Å². The minimum atomic E-state index is -0.0662. The first kappa shape index (κ1) is 20.5. The second-order valence-corrected chi connectivity index (χ2v) is 9.06. The van der Waals surface area contributed by atoms with Crippen LogP contribution >= 0.6 is 0 Å². The second-order valence-electron chi connectivity index (χ2n) is 9.06. The number of amides is 1. The molecule has 0 aliphatic heterocycles. The number of carbonyl (C=O) groups is 1. The molecule has 1 fully saturated rings. The molecule has 0 spiro atoms. The van der Waals surface area contributed by atoms with E-state index in [1.165, 1.54) is 25.7 Å². The number of hydrogen-bond donors (Lipinski definition) is 3. The number of pyridine rings is 3. The van der Waals surface area contributed by atoms with Crippen LogP contribution in [0.25, 0.3) is 44.5 Å².